The second kappa shape index (κ2) is 4.42. The first-order chi connectivity index (χ1) is 7.11. The molecule has 0 aromatic rings. The lowest BCUT2D eigenvalue weighted by atomic mass is 9.72. The van der Waals surface area contributed by atoms with E-state index in [2.05, 4.69) is 31.0 Å². The maximum Gasteiger partial charge on any atom is 0.0196 e. The second-order valence-electron chi connectivity index (χ2n) is 6.04. The molecule has 1 N–H and O–H groups in total. The largest absolute Gasteiger partial charge is 0.314 e. The molecule has 0 bridgehead atoms. The molecule has 0 aromatic heterocycles. The number of rotatable bonds is 1. The normalized spacial score (nSPS) is 37.8. The van der Waals surface area contributed by atoms with E-state index in [0.717, 1.165) is 12.1 Å². The van der Waals surface area contributed by atoms with E-state index in [1.807, 2.05) is 0 Å². The van der Waals surface area contributed by atoms with Gasteiger partial charge >= 0.3 is 0 Å². The molecule has 2 unspecified atom stereocenters. The molecule has 2 fully saturated rings. The van der Waals surface area contributed by atoms with Crippen LogP contribution in [-0.2, 0) is 0 Å². The molecule has 1 saturated carbocycles. The Kier molecular flexibility index (Phi) is 3.36. The summed E-state index contributed by atoms with van der Waals surface area (Å²) < 4.78 is 0. The van der Waals surface area contributed by atoms with Crippen molar-refractivity contribution in [1.82, 2.24) is 10.2 Å². The van der Waals surface area contributed by atoms with Crippen LogP contribution in [0.3, 0.4) is 0 Å². The van der Waals surface area contributed by atoms with E-state index in [1.54, 1.807) is 0 Å². The van der Waals surface area contributed by atoms with Crippen molar-refractivity contribution in [1.29, 1.82) is 0 Å². The van der Waals surface area contributed by atoms with Crippen molar-refractivity contribution in [3.8, 4) is 0 Å². The number of hydrogen-bond donors (Lipinski definition) is 1. The average molecular weight is 210 g/mol. The highest BCUT2D eigenvalue weighted by Crippen LogP contribution is 2.39. The minimum atomic E-state index is 0.532. The molecule has 0 amide bonds. The first-order valence-corrected chi connectivity index (χ1v) is 6.58. The molecule has 1 saturated heterocycles. The van der Waals surface area contributed by atoms with Gasteiger partial charge in [0, 0.05) is 31.7 Å². The third kappa shape index (κ3) is 2.36. The second-order valence-corrected chi connectivity index (χ2v) is 6.04. The SMILES string of the molecule is CC1CNCCN1C1CCCCC1(C)C. The molecule has 1 aliphatic carbocycles. The van der Waals surface area contributed by atoms with Crippen LogP contribution in [0.1, 0.15) is 46.5 Å². The molecule has 2 nitrogen and oxygen atoms in total. The molecule has 2 aliphatic rings. The summed E-state index contributed by atoms with van der Waals surface area (Å²) in [4.78, 5) is 2.76. The number of piperazine rings is 1. The van der Waals surface area contributed by atoms with Crippen molar-refractivity contribution in [2.45, 2.75) is 58.5 Å². The Morgan fingerprint density at radius 3 is 2.73 bits per heavy atom. The van der Waals surface area contributed by atoms with Gasteiger partial charge in [0.15, 0.2) is 0 Å². The molecule has 0 aromatic carbocycles. The smallest absolute Gasteiger partial charge is 0.0196 e. The molecule has 88 valence electrons. The van der Waals surface area contributed by atoms with Crippen LogP contribution in [0, 0.1) is 5.41 Å². The van der Waals surface area contributed by atoms with Gasteiger partial charge in [-0.2, -0.15) is 0 Å². The van der Waals surface area contributed by atoms with Crippen LogP contribution >= 0.6 is 0 Å². The fourth-order valence-electron chi connectivity index (χ4n) is 3.41. The highest BCUT2D eigenvalue weighted by atomic mass is 15.2. The van der Waals surface area contributed by atoms with Crippen molar-refractivity contribution in [3.05, 3.63) is 0 Å². The van der Waals surface area contributed by atoms with Gasteiger partial charge in [-0.25, -0.2) is 0 Å². The molecule has 2 rings (SSSR count). The molecule has 2 heteroatoms. The Morgan fingerprint density at radius 2 is 2.07 bits per heavy atom. The third-order valence-corrected chi connectivity index (χ3v) is 4.40. The Labute approximate surface area is 94.4 Å². The fourth-order valence-corrected chi connectivity index (χ4v) is 3.41. The van der Waals surface area contributed by atoms with E-state index in [4.69, 9.17) is 0 Å². The average Bonchev–Trinajstić information content (AvgIpc) is 2.19. The number of nitrogens with zero attached hydrogens (tertiary/aromatic N) is 1. The van der Waals surface area contributed by atoms with Gasteiger partial charge < -0.3 is 5.32 Å². The molecule has 1 heterocycles. The first kappa shape index (κ1) is 11.4. The van der Waals surface area contributed by atoms with Gasteiger partial charge in [-0.1, -0.05) is 26.7 Å². The molecule has 2 atom stereocenters. The molecule has 0 spiro atoms. The number of hydrogen-bond acceptors (Lipinski definition) is 2. The molecule has 15 heavy (non-hydrogen) atoms. The van der Waals surface area contributed by atoms with Gasteiger partial charge in [0.2, 0.25) is 0 Å². The quantitative estimate of drug-likeness (QED) is 0.714. The molecule has 1 aliphatic heterocycles. The van der Waals surface area contributed by atoms with E-state index in [1.165, 1.54) is 45.3 Å². The topological polar surface area (TPSA) is 15.3 Å². The summed E-state index contributed by atoms with van der Waals surface area (Å²) in [5.74, 6) is 0. The summed E-state index contributed by atoms with van der Waals surface area (Å²) in [6, 6.07) is 1.55. The summed E-state index contributed by atoms with van der Waals surface area (Å²) in [7, 11) is 0. The van der Waals surface area contributed by atoms with Gasteiger partial charge in [0.25, 0.3) is 0 Å². The fraction of sp³-hybridized carbons (Fsp3) is 1.00. The lowest BCUT2D eigenvalue weighted by Gasteiger charge is -2.49. The van der Waals surface area contributed by atoms with Crippen molar-refractivity contribution >= 4 is 0 Å². The Hall–Kier alpha value is -0.0800. The highest BCUT2D eigenvalue weighted by molar-refractivity contribution is 4.93. The third-order valence-electron chi connectivity index (χ3n) is 4.40. The summed E-state index contributed by atoms with van der Waals surface area (Å²) in [6.07, 6.45) is 5.69. The van der Waals surface area contributed by atoms with Crippen molar-refractivity contribution in [2.75, 3.05) is 19.6 Å². The van der Waals surface area contributed by atoms with E-state index in [0.29, 0.717) is 5.41 Å². The van der Waals surface area contributed by atoms with Crippen LogP contribution in [0.4, 0.5) is 0 Å². The van der Waals surface area contributed by atoms with E-state index >= 15 is 0 Å². The van der Waals surface area contributed by atoms with Crippen LogP contribution < -0.4 is 5.32 Å². The standard InChI is InChI=1S/C13H26N2/c1-11-10-14-8-9-15(11)12-6-4-5-7-13(12,2)3/h11-12,14H,4-10H2,1-3H3. The Morgan fingerprint density at radius 1 is 1.27 bits per heavy atom. The van der Waals surface area contributed by atoms with Crippen LogP contribution in [0.15, 0.2) is 0 Å². The predicted molar refractivity (Wildman–Crippen MR) is 65.1 cm³/mol. The molecular weight excluding hydrogens is 184 g/mol. The zero-order valence-corrected chi connectivity index (χ0v) is 10.6. The number of nitrogens with one attached hydrogen (secondary N) is 1. The van der Waals surface area contributed by atoms with Crippen LogP contribution in [0.25, 0.3) is 0 Å². The van der Waals surface area contributed by atoms with Gasteiger partial charge in [0.05, 0.1) is 0 Å². The first-order valence-electron chi connectivity index (χ1n) is 6.58. The van der Waals surface area contributed by atoms with E-state index < -0.39 is 0 Å². The Bertz CT molecular complexity index is 213. The van der Waals surface area contributed by atoms with Gasteiger partial charge in [-0.05, 0) is 25.2 Å². The molecular formula is C13H26N2. The Balaban J connectivity index is 2.06. The summed E-state index contributed by atoms with van der Waals surface area (Å²) in [5, 5.41) is 3.49. The van der Waals surface area contributed by atoms with Crippen molar-refractivity contribution < 1.29 is 0 Å². The lowest BCUT2D eigenvalue weighted by molar-refractivity contribution is 0.0121. The maximum absolute atomic E-state index is 3.49. The van der Waals surface area contributed by atoms with E-state index in [9.17, 15) is 0 Å². The van der Waals surface area contributed by atoms with Crippen LogP contribution in [0.5, 0.6) is 0 Å². The summed E-state index contributed by atoms with van der Waals surface area (Å²) in [6.45, 7) is 10.9. The highest BCUT2D eigenvalue weighted by Gasteiger charge is 2.38. The maximum atomic E-state index is 3.49. The minimum absolute atomic E-state index is 0.532. The summed E-state index contributed by atoms with van der Waals surface area (Å²) in [5.41, 5.74) is 0.532. The van der Waals surface area contributed by atoms with Gasteiger partial charge in [0.1, 0.15) is 0 Å². The van der Waals surface area contributed by atoms with Crippen molar-refractivity contribution in [3.63, 3.8) is 0 Å². The van der Waals surface area contributed by atoms with Crippen molar-refractivity contribution in [2.24, 2.45) is 5.41 Å². The lowest BCUT2D eigenvalue weighted by Crippen LogP contribution is -2.58. The zero-order valence-electron chi connectivity index (χ0n) is 10.6. The minimum Gasteiger partial charge on any atom is -0.314 e. The zero-order chi connectivity index (χ0) is 10.9. The van der Waals surface area contributed by atoms with Gasteiger partial charge in [-0.15, -0.1) is 0 Å². The van der Waals surface area contributed by atoms with E-state index in [-0.39, 0.29) is 0 Å². The monoisotopic (exact) mass is 210 g/mol. The predicted octanol–water partition coefficient (Wildman–Crippen LogP) is 2.25. The van der Waals surface area contributed by atoms with Gasteiger partial charge in [-0.3, -0.25) is 4.90 Å². The summed E-state index contributed by atoms with van der Waals surface area (Å²) >= 11 is 0. The van der Waals surface area contributed by atoms with Crippen LogP contribution in [-0.4, -0.2) is 36.6 Å². The molecule has 0 radical (unpaired) electrons. The van der Waals surface area contributed by atoms with Crippen LogP contribution in [0.2, 0.25) is 0 Å².